The summed E-state index contributed by atoms with van der Waals surface area (Å²) in [6.45, 7) is 0. The van der Waals surface area contributed by atoms with Crippen molar-refractivity contribution in [1.29, 1.82) is 0 Å². The van der Waals surface area contributed by atoms with E-state index >= 15 is 0 Å². The van der Waals surface area contributed by atoms with E-state index in [0.29, 0.717) is 0 Å². The number of hydrogen-bond donors (Lipinski definition) is 0. The fourth-order valence-electron chi connectivity index (χ4n) is 0. The monoisotopic (exact) mass is 128 g/mol. The van der Waals surface area contributed by atoms with Gasteiger partial charge in [-0.2, -0.15) is 0 Å². The molecule has 0 heterocycles. The van der Waals surface area contributed by atoms with Crippen molar-refractivity contribution in [2.45, 2.75) is 0 Å². The van der Waals surface area contributed by atoms with Crippen molar-refractivity contribution >= 4 is 12.3 Å². The molecule has 6 heteroatoms. The average Bonchev–Trinajstić information content (AvgIpc) is 0.918. The molecule has 0 fully saturated rings. The molecule has 0 spiro atoms. The molecule has 0 aromatic carbocycles. The van der Waals surface area contributed by atoms with Crippen LogP contribution in [0.3, 0.4) is 0 Å². The van der Waals surface area contributed by atoms with Gasteiger partial charge in [-0.05, 0) is 0 Å². The molecule has 2 N–H and O–H groups in total. The summed E-state index contributed by atoms with van der Waals surface area (Å²) in [6, 6.07) is 0. The van der Waals surface area contributed by atoms with Crippen LogP contribution in [-0.2, 0) is 0 Å². The minimum atomic E-state index is -0.750. The molecule has 0 aliphatic rings. The minimum absolute atomic E-state index is 0. The zero-order valence-electron chi connectivity index (χ0n) is 3.72. The fraction of sp³-hybridized carbons (Fsp3) is 0. The third-order valence-electron chi connectivity index (χ3n) is 0. The van der Waals surface area contributed by atoms with Crippen molar-refractivity contribution < 1.29 is 73.7 Å². The molecule has 0 aromatic rings. The molecule has 0 rings (SSSR count). The van der Waals surface area contributed by atoms with Crippen molar-refractivity contribution in [1.82, 2.24) is 0 Å². The molecule has 0 bridgehead atoms. The molecule has 0 aromatic heterocycles. The van der Waals surface area contributed by atoms with Crippen LogP contribution in [-0.4, -0.2) is 14.6 Å². The van der Waals surface area contributed by atoms with Crippen LogP contribution in [0.4, 0.5) is 0 Å². The Kier molecular flexibility index (Phi) is 108. The first-order valence-electron chi connectivity index (χ1n) is 0.333. The third-order valence-corrected chi connectivity index (χ3v) is 0. The Labute approximate surface area is 84.8 Å². The molecule has 0 radical (unpaired) electrons. The van der Waals surface area contributed by atoms with Gasteiger partial charge in [0.05, 0.1) is 0 Å². The van der Waals surface area contributed by atoms with Crippen LogP contribution in [0.25, 0.3) is 0 Å². The van der Waals surface area contributed by atoms with Gasteiger partial charge in [0.2, 0.25) is 0 Å². The molecule has 0 amide bonds. The molecule has 0 unspecified atom stereocenters. The third kappa shape index (κ3) is 34.3. The standard InChI is InChI=1S/2Na.H2O2S.H2O/c;;1-3-2;/h;;1-2H;1H2/q2*+1;;/p-2. The van der Waals surface area contributed by atoms with Gasteiger partial charge in [-0.25, -0.2) is 0 Å². The Morgan fingerprint density at radius 3 is 1.00 bits per heavy atom. The second-order valence-corrected chi connectivity index (χ2v) is 0.204. The van der Waals surface area contributed by atoms with Gasteiger partial charge in [-0.1, -0.05) is 0 Å². The fourth-order valence-corrected chi connectivity index (χ4v) is 0. The molecule has 0 aliphatic heterocycles. The van der Waals surface area contributed by atoms with Gasteiger partial charge in [-0.15, -0.1) is 0 Å². The van der Waals surface area contributed by atoms with Gasteiger partial charge < -0.3 is 26.9 Å². The van der Waals surface area contributed by atoms with Crippen molar-refractivity contribution in [3.05, 3.63) is 0 Å². The Hall–Kier alpha value is 2.23. The van der Waals surface area contributed by atoms with Gasteiger partial charge in [0, 0.05) is 0 Å². The molecule has 6 heavy (non-hydrogen) atoms. The van der Waals surface area contributed by atoms with E-state index in [4.69, 9.17) is 9.11 Å². The Morgan fingerprint density at radius 2 is 1.00 bits per heavy atom. The summed E-state index contributed by atoms with van der Waals surface area (Å²) >= 11 is -0.750. The first-order chi connectivity index (χ1) is 1.41. The van der Waals surface area contributed by atoms with Gasteiger partial charge in [0.1, 0.15) is 0 Å². The van der Waals surface area contributed by atoms with Crippen molar-refractivity contribution in [3.63, 3.8) is 0 Å². The van der Waals surface area contributed by atoms with Crippen molar-refractivity contribution in [3.8, 4) is 0 Å². The Bertz CT molecular complexity index is 8.75. The van der Waals surface area contributed by atoms with E-state index in [2.05, 4.69) is 0 Å². The average molecular weight is 128 g/mol. The summed E-state index contributed by atoms with van der Waals surface area (Å²) in [6.07, 6.45) is 0. The van der Waals surface area contributed by atoms with Crippen LogP contribution < -0.4 is 59.1 Å². The van der Waals surface area contributed by atoms with E-state index in [-0.39, 0.29) is 64.6 Å². The second-order valence-electron chi connectivity index (χ2n) is 0.0680. The van der Waals surface area contributed by atoms with Crippen LogP contribution in [0.2, 0.25) is 0 Å². The molecule has 0 saturated heterocycles. The number of rotatable bonds is 0. The molecule has 0 saturated carbocycles. The normalized spacial score (nSPS) is 3.00. The summed E-state index contributed by atoms with van der Waals surface area (Å²) in [5, 5.41) is 0. The van der Waals surface area contributed by atoms with Gasteiger partial charge in [0.15, 0.2) is 0 Å². The largest absolute Gasteiger partial charge is 1.00 e. The molecule has 0 atom stereocenters. The zero-order chi connectivity index (χ0) is 2.71. The topological polar surface area (TPSA) is 77.6 Å². The van der Waals surface area contributed by atoms with Crippen LogP contribution >= 0.6 is 12.3 Å². The van der Waals surface area contributed by atoms with Crippen molar-refractivity contribution in [2.75, 3.05) is 0 Å². The predicted molar refractivity (Wildman–Crippen MR) is 12.8 cm³/mol. The van der Waals surface area contributed by atoms with Crippen molar-refractivity contribution in [2.24, 2.45) is 0 Å². The first-order valence-corrected chi connectivity index (χ1v) is 1.00. The molecule has 28 valence electrons. The summed E-state index contributed by atoms with van der Waals surface area (Å²) in [4.78, 5) is 0. The predicted octanol–water partition coefficient (Wildman–Crippen LogP) is -6.84. The van der Waals surface area contributed by atoms with Crippen LogP contribution in [0.1, 0.15) is 0 Å². The van der Waals surface area contributed by atoms with E-state index in [1.54, 1.807) is 0 Å². The summed E-state index contributed by atoms with van der Waals surface area (Å²) in [7, 11) is 0. The first kappa shape index (κ1) is 24.0. The van der Waals surface area contributed by atoms with Crippen LogP contribution in [0, 0.1) is 0 Å². The molecule has 3 nitrogen and oxygen atoms in total. The SMILES string of the molecule is O.[Na+].[Na+].[O-]S[O-]. The van der Waals surface area contributed by atoms with E-state index in [1.165, 1.54) is 0 Å². The number of hydrogen-bond acceptors (Lipinski definition) is 3. The van der Waals surface area contributed by atoms with Gasteiger partial charge >= 0.3 is 59.1 Å². The second kappa shape index (κ2) is 26.9. The summed E-state index contributed by atoms with van der Waals surface area (Å²) < 4.78 is 16.6. The molecule has 0 aliphatic carbocycles. The quantitative estimate of drug-likeness (QED) is 0.240. The smallest absolute Gasteiger partial charge is 0.811 e. The maximum Gasteiger partial charge on any atom is 1.00 e. The van der Waals surface area contributed by atoms with Gasteiger partial charge in [0.25, 0.3) is 0 Å². The summed E-state index contributed by atoms with van der Waals surface area (Å²) in [5.74, 6) is 0. The summed E-state index contributed by atoms with van der Waals surface area (Å²) in [5.41, 5.74) is 0. The van der Waals surface area contributed by atoms with E-state index < -0.39 is 12.3 Å². The minimum Gasteiger partial charge on any atom is -0.811 e. The van der Waals surface area contributed by atoms with Crippen LogP contribution in [0.5, 0.6) is 0 Å². The van der Waals surface area contributed by atoms with Crippen LogP contribution in [0.15, 0.2) is 0 Å². The van der Waals surface area contributed by atoms with E-state index in [1.807, 2.05) is 0 Å². The maximum atomic E-state index is 8.29. The zero-order valence-corrected chi connectivity index (χ0v) is 8.54. The van der Waals surface area contributed by atoms with E-state index in [9.17, 15) is 0 Å². The van der Waals surface area contributed by atoms with E-state index in [0.717, 1.165) is 0 Å². The molecular weight excluding hydrogens is 126 g/mol. The van der Waals surface area contributed by atoms with Gasteiger partial charge in [-0.3, -0.25) is 0 Å². The molecular formula is H2Na2O3S. The maximum absolute atomic E-state index is 8.29. The Balaban J connectivity index is -0.00000000667. The Morgan fingerprint density at radius 1 is 1.00 bits per heavy atom.